The molecule has 31 heavy (non-hydrogen) atoms. The second-order valence-corrected chi connectivity index (χ2v) is 7.11. The van der Waals surface area contributed by atoms with E-state index in [4.69, 9.17) is 11.1 Å². The van der Waals surface area contributed by atoms with Crippen LogP contribution in [-0.4, -0.2) is 41.3 Å². The second kappa shape index (κ2) is 9.57. The number of alkyl halides is 3. The van der Waals surface area contributed by atoms with E-state index in [0.29, 0.717) is 35.4 Å². The van der Waals surface area contributed by atoms with Gasteiger partial charge < -0.3 is 16.5 Å². The number of halogens is 3. The number of aromatic nitrogens is 1. The molecule has 0 atom stereocenters. The molecule has 0 radical (unpaired) electrons. The zero-order valence-electron chi connectivity index (χ0n) is 16.6. The molecule has 1 amide bonds. The predicted octanol–water partition coefficient (Wildman–Crippen LogP) is 3.60. The molecular formula is C22H22F3N5O. The predicted molar refractivity (Wildman–Crippen MR) is 114 cm³/mol. The topological polar surface area (TPSA) is 95.1 Å². The van der Waals surface area contributed by atoms with Crippen molar-refractivity contribution in [3.8, 4) is 0 Å². The van der Waals surface area contributed by atoms with Gasteiger partial charge in [0.05, 0.1) is 6.54 Å². The van der Waals surface area contributed by atoms with E-state index in [1.54, 1.807) is 42.7 Å². The summed E-state index contributed by atoms with van der Waals surface area (Å²) in [5.41, 5.74) is 9.68. The van der Waals surface area contributed by atoms with E-state index in [1.165, 1.54) is 17.2 Å². The molecule has 6 nitrogen and oxygen atoms in total. The minimum absolute atomic E-state index is 0.233. The van der Waals surface area contributed by atoms with Gasteiger partial charge in [-0.15, -0.1) is 0 Å². The fraction of sp³-hybridized carbons (Fsp3) is 0.227. The summed E-state index contributed by atoms with van der Waals surface area (Å²) in [5.74, 6) is -0.364. The number of hydrogen-bond donors (Lipinski definition) is 3. The van der Waals surface area contributed by atoms with Crippen LogP contribution in [0.25, 0.3) is 11.6 Å². The molecule has 9 heteroatoms. The quantitative estimate of drug-likeness (QED) is 0.483. The van der Waals surface area contributed by atoms with Crippen molar-refractivity contribution in [2.45, 2.75) is 19.1 Å². The number of carbonyl (C=O) groups excluding carboxylic acids is 1. The number of nitrogens with two attached hydrogens (primary N) is 1. The molecule has 2 heterocycles. The number of nitrogens with one attached hydrogen (secondary N) is 2. The molecule has 0 unspecified atom stereocenters. The fourth-order valence-corrected chi connectivity index (χ4v) is 3.45. The molecule has 0 fully saturated rings. The number of carbonyl (C=O) groups is 1. The SMILES string of the molecule is N=CC(=CN)c1ccncc1/C=C/C(=O)Nc1ccc2c(c1)CCN(CC(F)(F)F)C2. The van der Waals surface area contributed by atoms with Gasteiger partial charge in [0.2, 0.25) is 5.91 Å². The van der Waals surface area contributed by atoms with E-state index in [0.717, 1.165) is 17.3 Å². The fourth-order valence-electron chi connectivity index (χ4n) is 3.45. The zero-order chi connectivity index (χ0) is 22.4. The summed E-state index contributed by atoms with van der Waals surface area (Å²) in [6.07, 6.45) is 4.77. The Hall–Kier alpha value is -3.46. The number of nitrogens with zero attached hydrogens (tertiary/aromatic N) is 2. The van der Waals surface area contributed by atoms with Crippen LogP contribution in [0.5, 0.6) is 0 Å². The average Bonchev–Trinajstić information content (AvgIpc) is 2.73. The number of hydrogen-bond acceptors (Lipinski definition) is 5. The lowest BCUT2D eigenvalue weighted by Crippen LogP contribution is -2.37. The van der Waals surface area contributed by atoms with Crippen LogP contribution in [-0.2, 0) is 17.8 Å². The number of benzene rings is 1. The van der Waals surface area contributed by atoms with Crippen molar-refractivity contribution in [1.82, 2.24) is 9.88 Å². The van der Waals surface area contributed by atoms with E-state index in [2.05, 4.69) is 10.3 Å². The molecule has 1 aromatic carbocycles. The largest absolute Gasteiger partial charge is 0.404 e. The van der Waals surface area contributed by atoms with Crippen LogP contribution < -0.4 is 11.1 Å². The molecule has 0 spiro atoms. The highest BCUT2D eigenvalue weighted by molar-refractivity contribution is 6.10. The van der Waals surface area contributed by atoms with Gasteiger partial charge >= 0.3 is 6.18 Å². The molecule has 0 aliphatic carbocycles. The summed E-state index contributed by atoms with van der Waals surface area (Å²) < 4.78 is 37.8. The number of amides is 1. The van der Waals surface area contributed by atoms with E-state index in [-0.39, 0.29) is 12.5 Å². The molecule has 162 valence electrons. The van der Waals surface area contributed by atoms with Gasteiger partial charge in [-0.3, -0.25) is 14.7 Å². The summed E-state index contributed by atoms with van der Waals surface area (Å²) in [4.78, 5) is 17.7. The lowest BCUT2D eigenvalue weighted by Gasteiger charge is -2.29. The van der Waals surface area contributed by atoms with Crippen molar-refractivity contribution in [3.63, 3.8) is 0 Å². The summed E-state index contributed by atoms with van der Waals surface area (Å²) >= 11 is 0. The summed E-state index contributed by atoms with van der Waals surface area (Å²) in [5, 5.41) is 10.2. The summed E-state index contributed by atoms with van der Waals surface area (Å²) in [7, 11) is 0. The molecular weight excluding hydrogens is 407 g/mol. The van der Waals surface area contributed by atoms with Crippen molar-refractivity contribution in [2.75, 3.05) is 18.4 Å². The zero-order valence-corrected chi connectivity index (χ0v) is 16.6. The Morgan fingerprint density at radius 3 is 2.81 bits per heavy atom. The highest BCUT2D eigenvalue weighted by Crippen LogP contribution is 2.26. The minimum atomic E-state index is -4.22. The van der Waals surface area contributed by atoms with Gasteiger partial charge in [0.25, 0.3) is 0 Å². The first kappa shape index (κ1) is 22.2. The third-order valence-corrected chi connectivity index (χ3v) is 4.88. The molecule has 2 aromatic rings. The lowest BCUT2D eigenvalue weighted by atomic mass is 9.99. The van der Waals surface area contributed by atoms with Crippen LogP contribution >= 0.6 is 0 Å². The van der Waals surface area contributed by atoms with Crippen LogP contribution in [0.4, 0.5) is 18.9 Å². The Morgan fingerprint density at radius 1 is 1.29 bits per heavy atom. The van der Waals surface area contributed by atoms with Crippen LogP contribution in [0, 0.1) is 5.41 Å². The van der Waals surface area contributed by atoms with Gasteiger partial charge in [-0.1, -0.05) is 6.07 Å². The van der Waals surface area contributed by atoms with Crippen LogP contribution in [0.15, 0.2) is 48.9 Å². The van der Waals surface area contributed by atoms with Gasteiger partial charge in [0.1, 0.15) is 0 Å². The second-order valence-electron chi connectivity index (χ2n) is 7.11. The van der Waals surface area contributed by atoms with Crippen LogP contribution in [0.2, 0.25) is 0 Å². The van der Waals surface area contributed by atoms with Crippen molar-refractivity contribution >= 4 is 29.5 Å². The lowest BCUT2D eigenvalue weighted by molar-refractivity contribution is -0.147. The molecule has 4 N–H and O–H groups in total. The summed E-state index contributed by atoms with van der Waals surface area (Å²) in [6, 6.07) is 6.93. The van der Waals surface area contributed by atoms with Gasteiger partial charge in [-0.05, 0) is 47.4 Å². The minimum Gasteiger partial charge on any atom is -0.404 e. The van der Waals surface area contributed by atoms with Crippen molar-refractivity contribution < 1.29 is 18.0 Å². The Morgan fingerprint density at radius 2 is 2.10 bits per heavy atom. The molecule has 1 aromatic heterocycles. The Balaban J connectivity index is 1.67. The molecule has 1 aliphatic heterocycles. The highest BCUT2D eigenvalue weighted by atomic mass is 19.4. The molecule has 3 rings (SSSR count). The Labute approximate surface area is 177 Å². The molecule has 0 saturated carbocycles. The number of pyridine rings is 1. The highest BCUT2D eigenvalue weighted by Gasteiger charge is 2.32. The average molecular weight is 429 g/mol. The number of fused-ring (bicyclic) bond motifs is 1. The van der Waals surface area contributed by atoms with E-state index < -0.39 is 12.7 Å². The van der Waals surface area contributed by atoms with Crippen molar-refractivity contribution in [1.29, 1.82) is 5.41 Å². The van der Waals surface area contributed by atoms with E-state index >= 15 is 0 Å². The first-order valence-corrected chi connectivity index (χ1v) is 9.56. The van der Waals surface area contributed by atoms with E-state index in [9.17, 15) is 18.0 Å². The van der Waals surface area contributed by atoms with Gasteiger partial charge in [0, 0.05) is 60.8 Å². The summed E-state index contributed by atoms with van der Waals surface area (Å²) in [6.45, 7) is -0.376. The van der Waals surface area contributed by atoms with Crippen LogP contribution in [0.1, 0.15) is 22.3 Å². The third-order valence-electron chi connectivity index (χ3n) is 4.88. The molecule has 0 bridgehead atoms. The maximum atomic E-state index is 12.6. The first-order chi connectivity index (χ1) is 14.8. The number of anilines is 1. The molecule has 0 saturated heterocycles. The van der Waals surface area contributed by atoms with Gasteiger partial charge in [0.15, 0.2) is 0 Å². The Bertz CT molecular complexity index is 1030. The number of allylic oxidation sites excluding steroid dienone is 1. The third kappa shape index (κ3) is 6.02. The van der Waals surface area contributed by atoms with Crippen molar-refractivity contribution in [2.24, 2.45) is 5.73 Å². The van der Waals surface area contributed by atoms with Crippen LogP contribution in [0.3, 0.4) is 0 Å². The normalized spacial score (nSPS) is 15.0. The maximum Gasteiger partial charge on any atom is 0.401 e. The van der Waals surface area contributed by atoms with Gasteiger partial charge in [-0.2, -0.15) is 13.2 Å². The molecule has 1 aliphatic rings. The van der Waals surface area contributed by atoms with E-state index in [1.807, 2.05) is 0 Å². The smallest absolute Gasteiger partial charge is 0.401 e. The first-order valence-electron chi connectivity index (χ1n) is 9.56. The Kier molecular flexibility index (Phi) is 6.86. The van der Waals surface area contributed by atoms with Crippen molar-refractivity contribution in [3.05, 3.63) is 71.2 Å². The monoisotopic (exact) mass is 429 g/mol. The number of rotatable bonds is 6. The standard InChI is InChI=1S/C22H22F3N5O/c23-22(24,25)14-30-8-6-15-9-19(3-1-17(15)13-30)29-21(31)4-2-16-12-28-7-5-20(16)18(10-26)11-27/h1-5,7,9-12,26H,6,8,13-14,27H2,(H,29,31)/b4-2+,18-11?,26-10?. The maximum absolute atomic E-state index is 12.6. The van der Waals surface area contributed by atoms with Gasteiger partial charge in [-0.25, -0.2) is 0 Å².